The summed E-state index contributed by atoms with van der Waals surface area (Å²) in [5.74, 6) is -1.20. The Hall–Kier alpha value is -2.17. The van der Waals surface area contributed by atoms with E-state index in [4.69, 9.17) is 4.74 Å². The highest BCUT2D eigenvalue weighted by Crippen LogP contribution is 2.17. The molecule has 1 fully saturated rings. The van der Waals surface area contributed by atoms with Crippen molar-refractivity contribution in [2.75, 3.05) is 0 Å². The molecule has 0 heterocycles. The molecule has 5 heteroatoms. The third-order valence-corrected chi connectivity index (χ3v) is 3.65. The molecule has 1 aliphatic rings. The second-order valence-corrected chi connectivity index (χ2v) is 5.45. The van der Waals surface area contributed by atoms with Crippen LogP contribution in [0.2, 0.25) is 0 Å². The molecular formula is C17H20FNO3. The fraction of sp³-hybridized carbons (Fsp3) is 0.412. The molecule has 1 amide bonds. The van der Waals surface area contributed by atoms with Crippen LogP contribution in [0.1, 0.15) is 38.2 Å². The summed E-state index contributed by atoms with van der Waals surface area (Å²) in [5, 5.41) is 2.88. The maximum absolute atomic E-state index is 12.8. The van der Waals surface area contributed by atoms with Crippen LogP contribution in [-0.4, -0.2) is 24.0 Å². The van der Waals surface area contributed by atoms with Gasteiger partial charge in [-0.3, -0.25) is 4.79 Å². The molecule has 1 aromatic carbocycles. The van der Waals surface area contributed by atoms with E-state index in [0.29, 0.717) is 5.56 Å². The normalized spacial score (nSPS) is 16.6. The monoisotopic (exact) mass is 305 g/mol. The number of nitrogens with one attached hydrogen (secondary N) is 1. The molecule has 4 nitrogen and oxygen atoms in total. The van der Waals surface area contributed by atoms with Crippen LogP contribution in [-0.2, 0) is 14.3 Å². The van der Waals surface area contributed by atoms with Crippen molar-refractivity contribution in [3.8, 4) is 0 Å². The lowest BCUT2D eigenvalue weighted by molar-refractivity contribution is -0.150. The summed E-state index contributed by atoms with van der Waals surface area (Å²) in [7, 11) is 0. The molecule has 1 saturated carbocycles. The first kappa shape index (κ1) is 16.2. The summed E-state index contributed by atoms with van der Waals surface area (Å²) in [6, 6.07) is 5.92. The van der Waals surface area contributed by atoms with Crippen molar-refractivity contribution in [3.05, 3.63) is 41.7 Å². The van der Waals surface area contributed by atoms with Gasteiger partial charge in [-0.1, -0.05) is 25.0 Å². The van der Waals surface area contributed by atoms with Crippen molar-refractivity contribution >= 4 is 18.0 Å². The summed E-state index contributed by atoms with van der Waals surface area (Å²) in [6.07, 6.45) is 6.13. The molecule has 2 rings (SSSR count). The molecule has 1 aliphatic carbocycles. The summed E-state index contributed by atoms with van der Waals surface area (Å²) >= 11 is 0. The van der Waals surface area contributed by atoms with Crippen LogP contribution in [0.3, 0.4) is 0 Å². The predicted molar refractivity (Wildman–Crippen MR) is 81.4 cm³/mol. The van der Waals surface area contributed by atoms with Crippen molar-refractivity contribution in [3.63, 3.8) is 0 Å². The number of ether oxygens (including phenoxy) is 1. The number of hydrogen-bond donors (Lipinski definition) is 1. The van der Waals surface area contributed by atoms with Gasteiger partial charge in [0.2, 0.25) is 0 Å². The van der Waals surface area contributed by atoms with Gasteiger partial charge in [-0.05, 0) is 43.5 Å². The zero-order valence-corrected chi connectivity index (χ0v) is 12.5. The minimum absolute atomic E-state index is 0.198. The van der Waals surface area contributed by atoms with E-state index >= 15 is 0 Å². The molecule has 0 aromatic heterocycles. The number of esters is 1. The van der Waals surface area contributed by atoms with Crippen LogP contribution in [0.15, 0.2) is 30.3 Å². The van der Waals surface area contributed by atoms with E-state index in [1.807, 2.05) is 0 Å². The molecule has 1 N–H and O–H groups in total. The maximum atomic E-state index is 12.8. The van der Waals surface area contributed by atoms with Gasteiger partial charge in [0, 0.05) is 12.1 Å². The zero-order chi connectivity index (χ0) is 15.9. The predicted octanol–water partition coefficient (Wildman–Crippen LogP) is 2.83. The average molecular weight is 305 g/mol. The van der Waals surface area contributed by atoms with E-state index < -0.39 is 12.1 Å². The Labute approximate surface area is 129 Å². The van der Waals surface area contributed by atoms with Gasteiger partial charge in [-0.2, -0.15) is 0 Å². The fourth-order valence-electron chi connectivity index (χ4n) is 2.39. The molecule has 0 saturated heterocycles. The first-order chi connectivity index (χ1) is 10.5. The van der Waals surface area contributed by atoms with Crippen LogP contribution in [0.25, 0.3) is 6.08 Å². The van der Waals surface area contributed by atoms with Crippen LogP contribution in [0, 0.1) is 5.82 Å². The number of amides is 1. The smallest absolute Gasteiger partial charge is 0.331 e. The van der Waals surface area contributed by atoms with Gasteiger partial charge in [0.25, 0.3) is 5.91 Å². The zero-order valence-electron chi connectivity index (χ0n) is 12.5. The van der Waals surface area contributed by atoms with Crippen molar-refractivity contribution in [1.82, 2.24) is 5.32 Å². The van der Waals surface area contributed by atoms with Gasteiger partial charge in [0.05, 0.1) is 0 Å². The van der Waals surface area contributed by atoms with Crippen LogP contribution < -0.4 is 5.32 Å². The van der Waals surface area contributed by atoms with Crippen LogP contribution in [0.5, 0.6) is 0 Å². The van der Waals surface area contributed by atoms with Gasteiger partial charge in [0.1, 0.15) is 5.82 Å². The second kappa shape index (κ2) is 7.73. The van der Waals surface area contributed by atoms with Crippen LogP contribution >= 0.6 is 0 Å². The molecule has 118 valence electrons. The molecule has 0 radical (unpaired) electrons. The Morgan fingerprint density at radius 1 is 1.27 bits per heavy atom. The first-order valence-electron chi connectivity index (χ1n) is 7.49. The molecule has 22 heavy (non-hydrogen) atoms. The molecule has 0 aliphatic heterocycles. The van der Waals surface area contributed by atoms with Crippen molar-refractivity contribution in [2.45, 2.75) is 44.8 Å². The molecule has 0 bridgehead atoms. The van der Waals surface area contributed by atoms with E-state index in [-0.39, 0.29) is 17.8 Å². The Balaban J connectivity index is 1.79. The first-order valence-corrected chi connectivity index (χ1v) is 7.49. The van der Waals surface area contributed by atoms with Crippen molar-refractivity contribution in [1.29, 1.82) is 0 Å². The third kappa shape index (κ3) is 4.98. The molecule has 0 spiro atoms. The topological polar surface area (TPSA) is 55.4 Å². The SMILES string of the molecule is C[C@@H](OC(=O)/C=C/c1ccc(F)cc1)C(=O)NC1CCCC1. The second-order valence-electron chi connectivity index (χ2n) is 5.45. The highest BCUT2D eigenvalue weighted by atomic mass is 19.1. The van der Waals surface area contributed by atoms with Gasteiger partial charge in [0.15, 0.2) is 6.10 Å². The minimum atomic E-state index is -0.828. The number of carbonyl (C=O) groups is 2. The van der Waals surface area contributed by atoms with Gasteiger partial charge < -0.3 is 10.1 Å². The summed E-state index contributed by atoms with van der Waals surface area (Å²) in [6.45, 7) is 1.55. The Kier molecular flexibility index (Phi) is 5.69. The van der Waals surface area contributed by atoms with E-state index in [1.54, 1.807) is 19.1 Å². The van der Waals surface area contributed by atoms with Gasteiger partial charge in [-0.25, -0.2) is 9.18 Å². The summed E-state index contributed by atoms with van der Waals surface area (Å²) in [4.78, 5) is 23.6. The largest absolute Gasteiger partial charge is 0.449 e. The lowest BCUT2D eigenvalue weighted by Gasteiger charge is -2.16. The number of benzene rings is 1. The number of hydrogen-bond acceptors (Lipinski definition) is 3. The van der Waals surface area contributed by atoms with E-state index in [0.717, 1.165) is 25.7 Å². The standard InChI is InChI=1S/C17H20FNO3/c1-12(17(21)19-15-4-2-3-5-15)22-16(20)11-8-13-6-9-14(18)10-7-13/h6-12,15H,2-5H2,1H3,(H,19,21)/b11-8+/t12-/m1/s1. The van der Waals surface area contributed by atoms with Crippen LogP contribution in [0.4, 0.5) is 4.39 Å². The Morgan fingerprint density at radius 3 is 2.55 bits per heavy atom. The fourth-order valence-corrected chi connectivity index (χ4v) is 2.39. The molecule has 1 aromatic rings. The van der Waals surface area contributed by atoms with Gasteiger partial charge >= 0.3 is 5.97 Å². The minimum Gasteiger partial charge on any atom is -0.449 e. The average Bonchev–Trinajstić information content (AvgIpc) is 2.99. The van der Waals surface area contributed by atoms with Crippen molar-refractivity contribution < 1.29 is 18.7 Å². The summed E-state index contributed by atoms with van der Waals surface area (Å²) < 4.78 is 17.8. The quantitative estimate of drug-likeness (QED) is 0.672. The van der Waals surface area contributed by atoms with E-state index in [9.17, 15) is 14.0 Å². The van der Waals surface area contributed by atoms with Crippen molar-refractivity contribution in [2.24, 2.45) is 0 Å². The Morgan fingerprint density at radius 2 is 1.91 bits per heavy atom. The van der Waals surface area contributed by atoms with E-state index in [1.165, 1.54) is 24.3 Å². The number of carbonyl (C=O) groups excluding carboxylic acids is 2. The molecular weight excluding hydrogens is 285 g/mol. The Bertz CT molecular complexity index is 548. The number of halogens is 1. The highest BCUT2D eigenvalue weighted by Gasteiger charge is 2.22. The third-order valence-electron chi connectivity index (χ3n) is 3.65. The molecule has 1 atom stereocenters. The molecule has 0 unspecified atom stereocenters. The lowest BCUT2D eigenvalue weighted by Crippen LogP contribution is -2.40. The van der Waals surface area contributed by atoms with E-state index in [2.05, 4.69) is 5.32 Å². The highest BCUT2D eigenvalue weighted by molar-refractivity contribution is 5.90. The lowest BCUT2D eigenvalue weighted by atomic mass is 10.2. The number of rotatable bonds is 5. The summed E-state index contributed by atoms with van der Waals surface area (Å²) in [5.41, 5.74) is 0.682. The maximum Gasteiger partial charge on any atom is 0.331 e. The van der Waals surface area contributed by atoms with Gasteiger partial charge in [-0.15, -0.1) is 0 Å².